The lowest BCUT2D eigenvalue weighted by Gasteiger charge is -2.53. The van der Waals surface area contributed by atoms with Crippen molar-refractivity contribution in [3.63, 3.8) is 0 Å². The monoisotopic (exact) mass is 489 g/mol. The van der Waals surface area contributed by atoms with E-state index in [-0.39, 0.29) is 30.0 Å². The molecule has 1 N–H and O–H groups in total. The Balaban J connectivity index is 1.35. The van der Waals surface area contributed by atoms with Gasteiger partial charge < -0.3 is 19.5 Å². The first-order chi connectivity index (χ1) is 16.2. The van der Waals surface area contributed by atoms with Crippen molar-refractivity contribution < 1.29 is 19.4 Å². The maximum Gasteiger partial charge on any atom is 0.303 e. The Bertz CT molecular complexity index is 879. The normalized spacial score (nSPS) is 33.5. The molecule has 3 aliphatic rings. The van der Waals surface area contributed by atoms with E-state index in [1.165, 1.54) is 6.92 Å². The van der Waals surface area contributed by atoms with Crippen LogP contribution in [0.2, 0.25) is 5.02 Å². The molecule has 6 heteroatoms. The van der Waals surface area contributed by atoms with Gasteiger partial charge in [0.25, 0.3) is 0 Å². The molecule has 0 aromatic heterocycles. The fraction of sp³-hybridized carbons (Fsp3) is 0.679. The third-order valence-corrected chi connectivity index (χ3v) is 8.78. The molecule has 34 heavy (non-hydrogen) atoms. The van der Waals surface area contributed by atoms with Crippen LogP contribution in [0.5, 0.6) is 5.75 Å². The number of piperidine rings is 1. The standard InChI is InChI=1S/C28H40ClNO4/c1-18-15-26-25(10-5-20(3)28(26,32)16-27(18)33-21(4)31)19(2)17-30-13-11-24(12-14-30)34-23-8-6-22(29)7-9-23/h6-9,15,19-20,24-27,32H,5,10-14,16-17H2,1-4H3/t19-,20+,25-,26+,27+,28+/m0/s1. The molecular formula is C28H40ClNO4. The van der Waals surface area contributed by atoms with Crippen molar-refractivity contribution in [2.45, 2.75) is 77.6 Å². The number of fused-ring (bicyclic) bond motifs is 1. The summed E-state index contributed by atoms with van der Waals surface area (Å²) in [6.45, 7) is 11.1. The average Bonchev–Trinajstić information content (AvgIpc) is 2.78. The highest BCUT2D eigenvalue weighted by atomic mass is 35.5. The Labute approximate surface area is 209 Å². The summed E-state index contributed by atoms with van der Waals surface area (Å²) in [6, 6.07) is 7.62. The van der Waals surface area contributed by atoms with E-state index in [0.717, 1.165) is 61.7 Å². The molecule has 0 unspecified atom stereocenters. The number of halogens is 1. The highest BCUT2D eigenvalue weighted by molar-refractivity contribution is 6.30. The molecule has 188 valence electrons. The van der Waals surface area contributed by atoms with Gasteiger partial charge in [0.15, 0.2) is 0 Å². The Morgan fingerprint density at radius 2 is 1.88 bits per heavy atom. The molecule has 1 aliphatic heterocycles. The van der Waals surface area contributed by atoms with Crippen LogP contribution in [0.4, 0.5) is 0 Å². The van der Waals surface area contributed by atoms with E-state index in [1.807, 2.05) is 31.2 Å². The largest absolute Gasteiger partial charge is 0.490 e. The van der Waals surface area contributed by atoms with Crippen molar-refractivity contribution in [3.05, 3.63) is 40.9 Å². The Hall–Kier alpha value is -1.56. The number of nitrogens with zero attached hydrogens (tertiary/aromatic N) is 1. The van der Waals surface area contributed by atoms with Gasteiger partial charge in [-0.15, -0.1) is 0 Å². The average molecular weight is 490 g/mol. The van der Waals surface area contributed by atoms with Crippen LogP contribution < -0.4 is 4.74 Å². The van der Waals surface area contributed by atoms with E-state index in [2.05, 4.69) is 24.8 Å². The van der Waals surface area contributed by atoms with Gasteiger partial charge in [0.05, 0.1) is 5.60 Å². The van der Waals surface area contributed by atoms with Gasteiger partial charge in [-0.25, -0.2) is 0 Å². The van der Waals surface area contributed by atoms with Gasteiger partial charge >= 0.3 is 5.97 Å². The summed E-state index contributed by atoms with van der Waals surface area (Å²) in [7, 11) is 0. The minimum atomic E-state index is -0.809. The summed E-state index contributed by atoms with van der Waals surface area (Å²) >= 11 is 5.98. The molecule has 1 saturated heterocycles. The van der Waals surface area contributed by atoms with Gasteiger partial charge in [-0.1, -0.05) is 31.5 Å². The predicted molar refractivity (Wildman–Crippen MR) is 135 cm³/mol. The quantitative estimate of drug-likeness (QED) is 0.422. The first kappa shape index (κ1) is 25.5. The summed E-state index contributed by atoms with van der Waals surface area (Å²) in [5, 5.41) is 12.5. The Morgan fingerprint density at radius 1 is 1.21 bits per heavy atom. The van der Waals surface area contributed by atoms with Crippen LogP contribution in [-0.4, -0.2) is 53.4 Å². The number of benzene rings is 1. The molecular weight excluding hydrogens is 450 g/mol. The van der Waals surface area contributed by atoms with Gasteiger partial charge in [-0.2, -0.15) is 0 Å². The molecule has 4 rings (SSSR count). The second-order valence-corrected chi connectivity index (χ2v) is 11.4. The molecule has 0 amide bonds. The zero-order chi connectivity index (χ0) is 24.5. The fourth-order valence-electron chi connectivity index (χ4n) is 6.46. The fourth-order valence-corrected chi connectivity index (χ4v) is 6.58. The zero-order valence-corrected chi connectivity index (χ0v) is 21.8. The molecule has 0 spiro atoms. The topological polar surface area (TPSA) is 59.0 Å². The number of rotatable bonds is 6. The minimum absolute atomic E-state index is 0.115. The van der Waals surface area contributed by atoms with Crippen LogP contribution in [-0.2, 0) is 9.53 Å². The smallest absolute Gasteiger partial charge is 0.303 e. The zero-order valence-electron chi connectivity index (χ0n) is 21.0. The van der Waals surface area contributed by atoms with Crippen molar-refractivity contribution in [2.75, 3.05) is 19.6 Å². The number of hydrogen-bond donors (Lipinski definition) is 1. The van der Waals surface area contributed by atoms with E-state index in [1.54, 1.807) is 0 Å². The number of aliphatic hydroxyl groups is 1. The molecule has 0 radical (unpaired) electrons. The van der Waals surface area contributed by atoms with Crippen LogP contribution >= 0.6 is 11.6 Å². The second-order valence-electron chi connectivity index (χ2n) is 10.9. The SMILES string of the molecule is CC(=O)O[C@@H]1C[C@@]2(O)[C@H](C)CC[C@@H]([C@@H](C)CN3CCC(Oc4ccc(Cl)cc4)CC3)[C@H]2C=C1C. The van der Waals surface area contributed by atoms with Gasteiger partial charge in [0.2, 0.25) is 0 Å². The number of hydrogen-bond acceptors (Lipinski definition) is 5. The van der Waals surface area contributed by atoms with Crippen LogP contribution in [0, 0.1) is 23.7 Å². The Kier molecular flexibility index (Phi) is 7.95. The molecule has 1 saturated carbocycles. The lowest BCUT2D eigenvalue weighted by atomic mass is 9.57. The number of carbonyl (C=O) groups excluding carboxylic acids is 1. The highest BCUT2D eigenvalue weighted by Crippen LogP contribution is 2.51. The van der Waals surface area contributed by atoms with E-state index in [9.17, 15) is 9.90 Å². The van der Waals surface area contributed by atoms with Gasteiger partial charge in [-0.3, -0.25) is 4.79 Å². The Morgan fingerprint density at radius 3 is 2.53 bits per heavy atom. The summed E-state index contributed by atoms with van der Waals surface area (Å²) in [5.74, 6) is 1.83. The maximum atomic E-state index is 11.8. The van der Waals surface area contributed by atoms with Crippen molar-refractivity contribution >= 4 is 17.6 Å². The van der Waals surface area contributed by atoms with Crippen molar-refractivity contribution in [2.24, 2.45) is 23.7 Å². The number of ether oxygens (including phenoxy) is 2. The summed E-state index contributed by atoms with van der Waals surface area (Å²) < 4.78 is 11.7. The van der Waals surface area contributed by atoms with Gasteiger partial charge in [0, 0.05) is 43.9 Å². The van der Waals surface area contributed by atoms with Crippen LogP contribution in [0.3, 0.4) is 0 Å². The molecule has 1 heterocycles. The third kappa shape index (κ3) is 5.63. The molecule has 5 nitrogen and oxygen atoms in total. The number of esters is 1. The first-order valence-corrected chi connectivity index (χ1v) is 13.3. The third-order valence-electron chi connectivity index (χ3n) is 8.52. The molecule has 1 aromatic rings. The van der Waals surface area contributed by atoms with Crippen molar-refractivity contribution in [1.29, 1.82) is 0 Å². The lowest BCUT2D eigenvalue weighted by Crippen LogP contribution is -2.56. The van der Waals surface area contributed by atoms with Gasteiger partial charge in [0.1, 0.15) is 18.0 Å². The summed E-state index contributed by atoms with van der Waals surface area (Å²) in [5.41, 5.74) is 0.271. The summed E-state index contributed by atoms with van der Waals surface area (Å²) in [4.78, 5) is 14.1. The molecule has 6 atom stereocenters. The number of likely N-dealkylation sites (tertiary alicyclic amines) is 1. The molecule has 2 fully saturated rings. The van der Waals surface area contributed by atoms with Crippen LogP contribution in [0.25, 0.3) is 0 Å². The predicted octanol–water partition coefficient (Wildman–Crippen LogP) is 5.49. The summed E-state index contributed by atoms with van der Waals surface area (Å²) in [6.07, 6.45) is 6.86. The first-order valence-electron chi connectivity index (χ1n) is 12.9. The number of carbonyl (C=O) groups is 1. The minimum Gasteiger partial charge on any atom is -0.490 e. The molecule has 1 aromatic carbocycles. The highest BCUT2D eigenvalue weighted by Gasteiger charge is 2.52. The molecule has 0 bridgehead atoms. The van der Waals surface area contributed by atoms with Crippen molar-refractivity contribution in [1.82, 2.24) is 4.90 Å². The lowest BCUT2D eigenvalue weighted by molar-refractivity contribution is -0.159. The van der Waals surface area contributed by atoms with E-state index in [0.29, 0.717) is 18.3 Å². The van der Waals surface area contributed by atoms with E-state index in [4.69, 9.17) is 21.1 Å². The van der Waals surface area contributed by atoms with Gasteiger partial charge in [-0.05, 0) is 80.2 Å². The van der Waals surface area contributed by atoms with Crippen LogP contribution in [0.15, 0.2) is 35.9 Å². The van der Waals surface area contributed by atoms with Crippen molar-refractivity contribution in [3.8, 4) is 5.75 Å². The van der Waals surface area contributed by atoms with E-state index >= 15 is 0 Å². The molecule has 2 aliphatic carbocycles. The maximum absolute atomic E-state index is 11.8. The van der Waals surface area contributed by atoms with Crippen LogP contribution in [0.1, 0.15) is 59.8 Å². The van der Waals surface area contributed by atoms with E-state index < -0.39 is 5.60 Å². The second kappa shape index (κ2) is 10.6.